The van der Waals surface area contributed by atoms with E-state index in [4.69, 9.17) is 9.47 Å². The maximum atomic E-state index is 14.2. The number of morpholine rings is 1. The van der Waals surface area contributed by atoms with Gasteiger partial charge >= 0.3 is 6.03 Å². The highest BCUT2D eigenvalue weighted by Crippen LogP contribution is 2.28. The molecule has 178 valence electrons. The Morgan fingerprint density at radius 3 is 2.51 bits per heavy atom. The quantitative estimate of drug-likeness (QED) is 0.412. The Labute approximate surface area is 199 Å². The van der Waals surface area contributed by atoms with Crippen LogP contribution in [0, 0.1) is 11.6 Å². The van der Waals surface area contributed by atoms with Crippen molar-refractivity contribution >= 4 is 34.3 Å². The van der Waals surface area contributed by atoms with E-state index in [-0.39, 0.29) is 17.1 Å². The number of hydrogen-bond acceptors (Lipinski definition) is 6. The molecule has 10 heteroatoms. The Kier molecular flexibility index (Phi) is 6.36. The van der Waals surface area contributed by atoms with Gasteiger partial charge in [-0.1, -0.05) is 6.07 Å². The van der Waals surface area contributed by atoms with Gasteiger partial charge in [-0.05, 0) is 36.4 Å². The molecule has 2 N–H and O–H groups in total. The Morgan fingerprint density at radius 2 is 1.69 bits per heavy atom. The van der Waals surface area contributed by atoms with Gasteiger partial charge in [0.15, 0.2) is 0 Å². The van der Waals surface area contributed by atoms with Gasteiger partial charge in [0, 0.05) is 42.7 Å². The Bertz CT molecular complexity index is 1380. The van der Waals surface area contributed by atoms with Crippen LogP contribution in [0.2, 0.25) is 0 Å². The van der Waals surface area contributed by atoms with Gasteiger partial charge in [0.1, 0.15) is 29.0 Å². The lowest BCUT2D eigenvalue weighted by atomic mass is 10.2. The molecule has 1 aromatic heterocycles. The predicted molar refractivity (Wildman–Crippen MR) is 128 cm³/mol. The number of carbonyl (C=O) groups is 1. The van der Waals surface area contributed by atoms with Crippen molar-refractivity contribution in [2.75, 3.05) is 41.8 Å². The van der Waals surface area contributed by atoms with Gasteiger partial charge in [-0.2, -0.15) is 0 Å². The average molecular weight is 477 g/mol. The number of carbonyl (C=O) groups excluding carboxylic acids is 1. The SMILES string of the molecule is O=C(Nc1cccc(F)c1)Nc1cc(F)cc(Oc2ccc3ncc(N4CCOCC4)nc3c2)c1. The number of benzene rings is 3. The lowest BCUT2D eigenvalue weighted by Gasteiger charge is -2.27. The van der Waals surface area contributed by atoms with E-state index in [2.05, 4.69) is 25.5 Å². The molecule has 0 bridgehead atoms. The molecule has 8 nitrogen and oxygen atoms in total. The highest BCUT2D eigenvalue weighted by atomic mass is 19.1. The molecular formula is C25H21F2N5O3. The average Bonchev–Trinajstić information content (AvgIpc) is 2.84. The first kappa shape index (κ1) is 22.5. The second kappa shape index (κ2) is 9.90. The summed E-state index contributed by atoms with van der Waals surface area (Å²) in [6, 6.07) is 13.8. The molecule has 0 saturated carbocycles. The van der Waals surface area contributed by atoms with Crippen LogP contribution in [-0.2, 0) is 4.74 Å². The van der Waals surface area contributed by atoms with E-state index in [1.165, 1.54) is 36.4 Å². The fraction of sp³-hybridized carbons (Fsp3) is 0.160. The normalized spacial score (nSPS) is 13.5. The van der Waals surface area contributed by atoms with Crippen molar-refractivity contribution in [2.45, 2.75) is 0 Å². The highest BCUT2D eigenvalue weighted by Gasteiger charge is 2.14. The zero-order valence-electron chi connectivity index (χ0n) is 18.5. The molecule has 35 heavy (non-hydrogen) atoms. The first-order valence-corrected chi connectivity index (χ1v) is 10.9. The molecule has 0 unspecified atom stereocenters. The third kappa shape index (κ3) is 5.61. The molecule has 2 heterocycles. The summed E-state index contributed by atoms with van der Waals surface area (Å²) < 4.78 is 38.8. The molecule has 1 aliphatic rings. The second-order valence-corrected chi connectivity index (χ2v) is 7.85. The molecule has 1 aliphatic heterocycles. The van der Waals surface area contributed by atoms with Gasteiger partial charge in [0.25, 0.3) is 0 Å². The summed E-state index contributed by atoms with van der Waals surface area (Å²) in [4.78, 5) is 23.5. The van der Waals surface area contributed by atoms with E-state index in [1.54, 1.807) is 24.4 Å². The maximum absolute atomic E-state index is 14.2. The summed E-state index contributed by atoms with van der Waals surface area (Å²) in [6.07, 6.45) is 1.73. The van der Waals surface area contributed by atoms with Crippen molar-refractivity contribution in [1.29, 1.82) is 0 Å². The minimum atomic E-state index is -0.649. The molecule has 1 fully saturated rings. The predicted octanol–water partition coefficient (Wildman–Crippen LogP) is 5.18. The minimum absolute atomic E-state index is 0.170. The summed E-state index contributed by atoms with van der Waals surface area (Å²) in [6.45, 7) is 2.75. The molecule has 3 aromatic carbocycles. The lowest BCUT2D eigenvalue weighted by Crippen LogP contribution is -2.36. The highest BCUT2D eigenvalue weighted by molar-refractivity contribution is 5.99. The van der Waals surface area contributed by atoms with Crippen LogP contribution in [0.4, 0.5) is 30.8 Å². The first-order valence-electron chi connectivity index (χ1n) is 10.9. The maximum Gasteiger partial charge on any atom is 0.323 e. The van der Waals surface area contributed by atoms with Crippen LogP contribution >= 0.6 is 0 Å². The van der Waals surface area contributed by atoms with Crippen molar-refractivity contribution in [3.63, 3.8) is 0 Å². The van der Waals surface area contributed by atoms with Crippen LogP contribution in [0.5, 0.6) is 11.5 Å². The van der Waals surface area contributed by atoms with Crippen molar-refractivity contribution in [3.05, 3.63) is 78.5 Å². The number of halogens is 2. The third-order valence-corrected chi connectivity index (χ3v) is 5.28. The Hall–Kier alpha value is -4.31. The zero-order chi connectivity index (χ0) is 24.2. The largest absolute Gasteiger partial charge is 0.457 e. The van der Waals surface area contributed by atoms with Gasteiger partial charge in [0.05, 0.1) is 30.4 Å². The van der Waals surface area contributed by atoms with E-state index >= 15 is 0 Å². The molecule has 5 rings (SSSR count). The Morgan fingerprint density at radius 1 is 0.886 bits per heavy atom. The summed E-state index contributed by atoms with van der Waals surface area (Å²) in [5.74, 6) is 0.286. The van der Waals surface area contributed by atoms with E-state index < -0.39 is 17.7 Å². The molecule has 0 aliphatic carbocycles. The van der Waals surface area contributed by atoms with Crippen molar-refractivity contribution in [1.82, 2.24) is 9.97 Å². The van der Waals surface area contributed by atoms with E-state index in [9.17, 15) is 13.6 Å². The third-order valence-electron chi connectivity index (χ3n) is 5.28. The zero-order valence-corrected chi connectivity index (χ0v) is 18.5. The van der Waals surface area contributed by atoms with Crippen molar-refractivity contribution in [2.24, 2.45) is 0 Å². The number of fused-ring (bicyclic) bond motifs is 1. The summed E-state index contributed by atoms with van der Waals surface area (Å²) in [5, 5.41) is 5.01. The molecule has 4 aromatic rings. The molecule has 1 saturated heterocycles. The number of aromatic nitrogens is 2. The fourth-order valence-corrected chi connectivity index (χ4v) is 3.68. The summed E-state index contributed by atoms with van der Waals surface area (Å²) in [7, 11) is 0. The van der Waals surface area contributed by atoms with Gasteiger partial charge in [0.2, 0.25) is 0 Å². The number of hydrogen-bond donors (Lipinski definition) is 2. The smallest absolute Gasteiger partial charge is 0.323 e. The van der Waals surface area contributed by atoms with E-state index in [1.807, 2.05) is 0 Å². The van der Waals surface area contributed by atoms with Crippen molar-refractivity contribution < 1.29 is 23.0 Å². The minimum Gasteiger partial charge on any atom is -0.457 e. The second-order valence-electron chi connectivity index (χ2n) is 7.85. The molecular weight excluding hydrogens is 456 g/mol. The number of amides is 2. The summed E-state index contributed by atoms with van der Waals surface area (Å²) >= 11 is 0. The van der Waals surface area contributed by atoms with Gasteiger partial charge in [-0.3, -0.25) is 4.98 Å². The first-order chi connectivity index (χ1) is 17.0. The number of urea groups is 1. The van der Waals surface area contributed by atoms with Gasteiger partial charge in [-0.15, -0.1) is 0 Å². The molecule has 0 atom stereocenters. The molecule has 2 amide bonds. The van der Waals surface area contributed by atoms with Gasteiger partial charge in [-0.25, -0.2) is 18.6 Å². The summed E-state index contributed by atoms with van der Waals surface area (Å²) in [5.41, 5.74) is 1.77. The van der Waals surface area contributed by atoms with Gasteiger partial charge < -0.3 is 25.0 Å². The monoisotopic (exact) mass is 477 g/mol. The van der Waals surface area contributed by atoms with Crippen LogP contribution in [0.25, 0.3) is 11.0 Å². The number of ether oxygens (including phenoxy) is 2. The van der Waals surface area contributed by atoms with Crippen LogP contribution in [0.15, 0.2) is 66.9 Å². The lowest BCUT2D eigenvalue weighted by molar-refractivity contribution is 0.122. The van der Waals surface area contributed by atoms with Crippen molar-refractivity contribution in [3.8, 4) is 11.5 Å². The molecule has 0 radical (unpaired) electrons. The van der Waals surface area contributed by atoms with Crippen LogP contribution in [0.1, 0.15) is 0 Å². The van der Waals surface area contributed by atoms with Crippen LogP contribution in [0.3, 0.4) is 0 Å². The Balaban J connectivity index is 1.31. The number of rotatable bonds is 5. The topological polar surface area (TPSA) is 88.6 Å². The van der Waals surface area contributed by atoms with Crippen LogP contribution < -0.4 is 20.3 Å². The number of anilines is 3. The number of nitrogens with one attached hydrogen (secondary N) is 2. The fourth-order valence-electron chi connectivity index (χ4n) is 3.68. The van der Waals surface area contributed by atoms with Crippen LogP contribution in [-0.4, -0.2) is 42.3 Å². The molecule has 0 spiro atoms. The van der Waals surface area contributed by atoms with E-state index in [0.717, 1.165) is 25.0 Å². The number of nitrogens with zero attached hydrogens (tertiary/aromatic N) is 3. The standard InChI is InChI=1S/C25H21F2N5O3/c26-16-2-1-3-18(10-16)29-25(33)30-19-11-17(27)12-21(13-19)35-20-4-5-22-23(14-20)31-24(15-28-22)32-6-8-34-9-7-32/h1-5,10-15H,6-9H2,(H2,29,30,33). The van der Waals surface area contributed by atoms with E-state index in [0.29, 0.717) is 30.0 Å².